The first-order valence-electron chi connectivity index (χ1n) is 5.77. The zero-order chi connectivity index (χ0) is 14.4. The number of rotatable bonds is 4. The van der Waals surface area contributed by atoms with Gasteiger partial charge in [-0.2, -0.15) is 9.98 Å². The zero-order valence-corrected chi connectivity index (χ0v) is 11.1. The average molecular weight is 285 g/mol. The van der Waals surface area contributed by atoms with Crippen LogP contribution in [-0.2, 0) is 16.0 Å². The first-order chi connectivity index (χ1) is 9.76. The zero-order valence-electron chi connectivity index (χ0n) is 10.3. The molecular formula is C15H9ClN2O2. The summed E-state index contributed by atoms with van der Waals surface area (Å²) in [5.41, 5.74) is 2.22. The molecule has 2 rings (SSSR count). The highest BCUT2D eigenvalue weighted by Crippen LogP contribution is 2.33. The summed E-state index contributed by atoms with van der Waals surface area (Å²) in [6.07, 6.45) is 3.39. The Morgan fingerprint density at radius 1 is 0.900 bits per heavy atom. The number of hydrogen-bond donors (Lipinski definition) is 0. The predicted octanol–water partition coefficient (Wildman–Crippen LogP) is 3.87. The van der Waals surface area contributed by atoms with E-state index in [1.807, 2.05) is 18.2 Å². The standard InChI is InChI=1S/C15H9ClN2O2/c16-13-6-2-1-4-11(13)8-12-5-3-7-14(17-9-19)15(12)18-10-20/h1-7H,8H2. The molecule has 0 spiro atoms. The molecule has 0 atom stereocenters. The van der Waals surface area contributed by atoms with Crippen molar-refractivity contribution in [3.05, 3.63) is 58.6 Å². The van der Waals surface area contributed by atoms with E-state index in [1.165, 1.54) is 12.2 Å². The molecule has 5 heteroatoms. The van der Waals surface area contributed by atoms with Crippen LogP contribution in [0.3, 0.4) is 0 Å². The average Bonchev–Trinajstić information content (AvgIpc) is 2.45. The van der Waals surface area contributed by atoms with Crippen LogP contribution < -0.4 is 0 Å². The Morgan fingerprint density at radius 2 is 1.60 bits per heavy atom. The first kappa shape index (κ1) is 13.9. The number of para-hydroxylation sites is 1. The van der Waals surface area contributed by atoms with E-state index in [1.54, 1.807) is 24.3 Å². The van der Waals surface area contributed by atoms with E-state index < -0.39 is 0 Å². The van der Waals surface area contributed by atoms with Gasteiger partial charge in [-0.3, -0.25) is 0 Å². The summed E-state index contributed by atoms with van der Waals surface area (Å²) < 4.78 is 0. The van der Waals surface area contributed by atoms with Gasteiger partial charge in [0.2, 0.25) is 12.2 Å². The van der Waals surface area contributed by atoms with E-state index in [-0.39, 0.29) is 5.69 Å². The van der Waals surface area contributed by atoms with Crippen LogP contribution in [0.1, 0.15) is 11.1 Å². The van der Waals surface area contributed by atoms with Gasteiger partial charge in [0, 0.05) is 11.4 Å². The van der Waals surface area contributed by atoms with Gasteiger partial charge in [-0.15, -0.1) is 0 Å². The van der Waals surface area contributed by atoms with Crippen LogP contribution in [-0.4, -0.2) is 12.2 Å². The van der Waals surface area contributed by atoms with Crippen LogP contribution in [0.5, 0.6) is 0 Å². The van der Waals surface area contributed by atoms with Crippen molar-refractivity contribution in [1.82, 2.24) is 0 Å². The van der Waals surface area contributed by atoms with Gasteiger partial charge < -0.3 is 0 Å². The van der Waals surface area contributed by atoms with Crippen molar-refractivity contribution >= 4 is 35.1 Å². The molecule has 0 amide bonds. The van der Waals surface area contributed by atoms with Crippen molar-refractivity contribution in [2.24, 2.45) is 9.98 Å². The molecule has 0 aliphatic heterocycles. The lowest BCUT2D eigenvalue weighted by molar-refractivity contribution is 0.564. The molecule has 20 heavy (non-hydrogen) atoms. The fraction of sp³-hybridized carbons (Fsp3) is 0.0667. The molecule has 0 heterocycles. The van der Waals surface area contributed by atoms with Crippen LogP contribution in [0.25, 0.3) is 0 Å². The normalized spacial score (nSPS) is 9.45. The van der Waals surface area contributed by atoms with Gasteiger partial charge in [-0.25, -0.2) is 9.59 Å². The van der Waals surface area contributed by atoms with Gasteiger partial charge in [-0.1, -0.05) is 41.9 Å². The number of aliphatic imine (C=N–C) groups is 2. The maximum Gasteiger partial charge on any atom is 0.240 e. The van der Waals surface area contributed by atoms with Gasteiger partial charge >= 0.3 is 0 Å². The lowest BCUT2D eigenvalue weighted by Crippen LogP contribution is -1.90. The summed E-state index contributed by atoms with van der Waals surface area (Å²) in [4.78, 5) is 28.1. The fourth-order valence-electron chi connectivity index (χ4n) is 1.88. The lowest BCUT2D eigenvalue weighted by Gasteiger charge is -2.08. The molecule has 2 aromatic rings. The lowest BCUT2D eigenvalue weighted by atomic mass is 10.0. The van der Waals surface area contributed by atoms with Crippen molar-refractivity contribution in [3.63, 3.8) is 0 Å². The van der Waals surface area contributed by atoms with Crippen molar-refractivity contribution in [1.29, 1.82) is 0 Å². The van der Waals surface area contributed by atoms with Gasteiger partial charge in [0.1, 0.15) is 11.4 Å². The Morgan fingerprint density at radius 3 is 2.30 bits per heavy atom. The predicted molar refractivity (Wildman–Crippen MR) is 76.3 cm³/mol. The molecule has 98 valence electrons. The van der Waals surface area contributed by atoms with Crippen LogP contribution in [0, 0.1) is 0 Å². The van der Waals surface area contributed by atoms with E-state index >= 15 is 0 Å². The molecule has 4 nitrogen and oxygen atoms in total. The van der Waals surface area contributed by atoms with Crippen molar-refractivity contribution in [3.8, 4) is 0 Å². The second-order valence-corrected chi connectivity index (χ2v) is 4.37. The molecule has 0 aliphatic carbocycles. The number of hydrogen-bond acceptors (Lipinski definition) is 4. The third-order valence-corrected chi connectivity index (χ3v) is 3.13. The molecule has 0 aromatic heterocycles. The number of isocyanates is 2. The third kappa shape index (κ3) is 3.08. The van der Waals surface area contributed by atoms with E-state index in [9.17, 15) is 9.59 Å². The Balaban J connectivity index is 2.51. The topological polar surface area (TPSA) is 58.9 Å². The van der Waals surface area contributed by atoms with E-state index in [4.69, 9.17) is 11.6 Å². The maximum absolute atomic E-state index is 10.5. The summed E-state index contributed by atoms with van der Waals surface area (Å²) in [5.74, 6) is 0. The highest BCUT2D eigenvalue weighted by atomic mass is 35.5. The summed E-state index contributed by atoms with van der Waals surface area (Å²) in [5, 5.41) is 0.623. The number of benzene rings is 2. The Kier molecular flexibility index (Phi) is 4.59. The second-order valence-electron chi connectivity index (χ2n) is 3.96. The van der Waals surface area contributed by atoms with Gasteiger partial charge in [-0.05, 0) is 23.3 Å². The van der Waals surface area contributed by atoms with Crippen LogP contribution in [0.15, 0.2) is 52.4 Å². The van der Waals surface area contributed by atoms with Crippen molar-refractivity contribution < 1.29 is 9.59 Å². The van der Waals surface area contributed by atoms with Crippen LogP contribution in [0.2, 0.25) is 5.02 Å². The number of nitrogens with zero attached hydrogens (tertiary/aromatic N) is 2. The molecule has 0 N–H and O–H groups in total. The quantitative estimate of drug-likeness (QED) is 0.632. The van der Waals surface area contributed by atoms with E-state index in [0.717, 1.165) is 11.1 Å². The van der Waals surface area contributed by atoms with E-state index in [0.29, 0.717) is 17.1 Å². The Hall–Kier alpha value is -2.51. The summed E-state index contributed by atoms with van der Waals surface area (Å²) in [6.45, 7) is 0. The molecule has 0 saturated carbocycles. The molecule has 0 fully saturated rings. The Bertz CT molecular complexity index is 730. The SMILES string of the molecule is O=C=Nc1cccc(Cc2ccccc2Cl)c1N=C=O. The second kappa shape index (κ2) is 6.60. The van der Waals surface area contributed by atoms with Gasteiger partial charge in [0.25, 0.3) is 0 Å². The molecule has 0 saturated heterocycles. The number of carbonyl (C=O) groups excluding carboxylic acids is 2. The highest BCUT2D eigenvalue weighted by Gasteiger charge is 2.09. The molecule has 2 aromatic carbocycles. The monoisotopic (exact) mass is 284 g/mol. The summed E-state index contributed by atoms with van der Waals surface area (Å²) in [6, 6.07) is 12.5. The summed E-state index contributed by atoms with van der Waals surface area (Å²) in [7, 11) is 0. The first-order valence-corrected chi connectivity index (χ1v) is 6.15. The molecule has 0 radical (unpaired) electrons. The van der Waals surface area contributed by atoms with Crippen molar-refractivity contribution in [2.75, 3.05) is 0 Å². The smallest absolute Gasteiger partial charge is 0.211 e. The molecule has 0 aliphatic rings. The van der Waals surface area contributed by atoms with Crippen LogP contribution in [0.4, 0.5) is 11.4 Å². The van der Waals surface area contributed by atoms with Crippen molar-refractivity contribution in [2.45, 2.75) is 6.42 Å². The fourth-order valence-corrected chi connectivity index (χ4v) is 2.08. The largest absolute Gasteiger partial charge is 0.240 e. The minimum atomic E-state index is 0.285. The maximum atomic E-state index is 10.5. The molecule has 0 unspecified atom stereocenters. The number of halogens is 1. The van der Waals surface area contributed by atoms with Crippen LogP contribution >= 0.6 is 11.6 Å². The van der Waals surface area contributed by atoms with Gasteiger partial charge in [0.05, 0.1) is 0 Å². The van der Waals surface area contributed by atoms with Gasteiger partial charge in [0.15, 0.2) is 0 Å². The highest BCUT2D eigenvalue weighted by molar-refractivity contribution is 6.31. The minimum absolute atomic E-state index is 0.285. The molecule has 0 bridgehead atoms. The van der Waals surface area contributed by atoms with E-state index in [2.05, 4.69) is 9.98 Å². The summed E-state index contributed by atoms with van der Waals surface area (Å²) >= 11 is 6.11. The minimum Gasteiger partial charge on any atom is -0.211 e. The molecular weight excluding hydrogens is 276 g/mol. The Labute approximate surface area is 120 Å². The third-order valence-electron chi connectivity index (χ3n) is 2.76.